The Bertz CT molecular complexity index is 291. The Kier molecular flexibility index (Phi) is 3.33. The third-order valence-corrected chi connectivity index (χ3v) is 1.75. The molecule has 1 aromatic rings. The maximum Gasteiger partial charge on any atom is 0.162 e. The van der Waals surface area contributed by atoms with E-state index in [1.165, 1.54) is 12.1 Å². The Morgan fingerprint density at radius 1 is 1.38 bits per heavy atom. The molecular weight excluding hydrogens is 176 g/mol. The lowest BCUT2D eigenvalue weighted by Gasteiger charge is -2.08. The summed E-state index contributed by atoms with van der Waals surface area (Å²) in [7, 11) is 0. The van der Waals surface area contributed by atoms with Crippen molar-refractivity contribution in [3.8, 4) is 0 Å². The highest BCUT2D eigenvalue weighted by molar-refractivity contribution is 5.19. The van der Waals surface area contributed by atoms with Crippen molar-refractivity contribution < 1.29 is 13.9 Å². The number of aliphatic hydroxyl groups excluding tert-OH is 1. The van der Waals surface area contributed by atoms with E-state index in [2.05, 4.69) is 0 Å². The molecule has 0 aliphatic heterocycles. The van der Waals surface area contributed by atoms with Gasteiger partial charge < -0.3 is 10.8 Å². The van der Waals surface area contributed by atoms with Gasteiger partial charge in [-0.3, -0.25) is 0 Å². The molecule has 1 atom stereocenters. The maximum atomic E-state index is 13.0. The summed E-state index contributed by atoms with van der Waals surface area (Å²) in [4.78, 5) is 0. The Hall–Kier alpha value is -1.00. The summed E-state index contributed by atoms with van der Waals surface area (Å²) >= 11 is 0. The van der Waals surface area contributed by atoms with Crippen molar-refractivity contribution in [3.63, 3.8) is 0 Å². The van der Waals surface area contributed by atoms with Gasteiger partial charge in [-0.25, -0.2) is 8.78 Å². The second-order valence-corrected chi connectivity index (χ2v) is 2.86. The van der Waals surface area contributed by atoms with Crippen LogP contribution in [0.25, 0.3) is 0 Å². The minimum absolute atomic E-state index is 0.139. The Labute approximate surface area is 75.0 Å². The van der Waals surface area contributed by atoms with Crippen molar-refractivity contribution in [2.24, 2.45) is 5.73 Å². The van der Waals surface area contributed by atoms with E-state index in [0.29, 0.717) is 0 Å². The Balaban J connectivity index is 2.83. The molecule has 0 aliphatic carbocycles. The van der Waals surface area contributed by atoms with Crippen LogP contribution < -0.4 is 5.73 Å². The molecule has 0 aliphatic rings. The fourth-order valence-electron chi connectivity index (χ4n) is 1.05. The number of benzene rings is 1. The molecule has 0 unspecified atom stereocenters. The molecule has 0 saturated heterocycles. The van der Waals surface area contributed by atoms with E-state index in [-0.39, 0.29) is 18.6 Å². The van der Waals surface area contributed by atoms with Crippen molar-refractivity contribution >= 4 is 0 Å². The second-order valence-electron chi connectivity index (χ2n) is 2.86. The molecule has 1 aromatic carbocycles. The number of nitrogens with two attached hydrogens (primary N) is 1. The smallest absolute Gasteiger partial charge is 0.162 e. The molecule has 0 amide bonds. The molecule has 0 bridgehead atoms. The fraction of sp³-hybridized carbons (Fsp3) is 0.333. The van der Waals surface area contributed by atoms with Crippen molar-refractivity contribution in [1.29, 1.82) is 0 Å². The molecular formula is C9H11F2NO. The first-order valence-corrected chi connectivity index (χ1v) is 3.94. The number of rotatable bonds is 3. The van der Waals surface area contributed by atoms with E-state index >= 15 is 0 Å². The van der Waals surface area contributed by atoms with Crippen LogP contribution in [0.5, 0.6) is 0 Å². The van der Waals surface area contributed by atoms with Gasteiger partial charge in [0.15, 0.2) is 11.6 Å². The summed E-state index contributed by atoms with van der Waals surface area (Å²) in [6, 6.07) is 3.37. The van der Waals surface area contributed by atoms with Gasteiger partial charge in [0.25, 0.3) is 0 Å². The zero-order chi connectivity index (χ0) is 9.84. The lowest BCUT2D eigenvalue weighted by atomic mass is 10.1. The Morgan fingerprint density at radius 2 is 2.08 bits per heavy atom. The van der Waals surface area contributed by atoms with Crippen LogP contribution in [0.15, 0.2) is 18.2 Å². The summed E-state index contributed by atoms with van der Waals surface area (Å²) in [5.41, 5.74) is 5.58. The van der Waals surface area contributed by atoms with Crippen LogP contribution in [-0.4, -0.2) is 17.8 Å². The van der Waals surface area contributed by atoms with Crippen molar-refractivity contribution in [1.82, 2.24) is 0 Å². The second kappa shape index (κ2) is 4.30. The first-order chi connectivity index (χ1) is 6.15. The molecule has 0 heterocycles. The average molecular weight is 187 g/mol. The van der Waals surface area contributed by atoms with E-state index in [0.717, 1.165) is 6.07 Å². The highest BCUT2D eigenvalue weighted by Gasteiger charge is 2.10. The predicted octanol–water partition coefficient (Wildman–Crippen LogP) is 0.827. The summed E-state index contributed by atoms with van der Waals surface area (Å²) in [6.07, 6.45) is 0.139. The van der Waals surface area contributed by atoms with Gasteiger partial charge >= 0.3 is 0 Å². The predicted molar refractivity (Wildman–Crippen MR) is 45.1 cm³/mol. The van der Waals surface area contributed by atoms with Gasteiger partial charge in [0, 0.05) is 6.04 Å². The lowest BCUT2D eigenvalue weighted by Crippen LogP contribution is -2.27. The molecule has 0 fully saturated rings. The van der Waals surface area contributed by atoms with E-state index in [1.807, 2.05) is 0 Å². The quantitative estimate of drug-likeness (QED) is 0.736. The lowest BCUT2D eigenvalue weighted by molar-refractivity contribution is 0.264. The van der Waals surface area contributed by atoms with E-state index in [9.17, 15) is 8.78 Å². The molecule has 0 aromatic heterocycles. The molecule has 13 heavy (non-hydrogen) atoms. The van der Waals surface area contributed by atoms with E-state index < -0.39 is 17.7 Å². The largest absolute Gasteiger partial charge is 0.395 e. The van der Waals surface area contributed by atoms with Crippen molar-refractivity contribution in [3.05, 3.63) is 35.4 Å². The molecule has 0 spiro atoms. The minimum atomic E-state index is -0.886. The van der Waals surface area contributed by atoms with Crippen LogP contribution in [-0.2, 0) is 6.42 Å². The third kappa shape index (κ3) is 2.47. The minimum Gasteiger partial charge on any atom is -0.395 e. The standard InChI is InChI=1S/C9H11F2NO/c10-8-3-1-2-6(9(8)11)4-7(12)5-13/h1-3,7,13H,4-5,12H2/t7-/m1/s1. The van der Waals surface area contributed by atoms with Gasteiger partial charge in [0.1, 0.15) is 0 Å². The third-order valence-electron chi connectivity index (χ3n) is 1.75. The van der Waals surface area contributed by atoms with Crippen molar-refractivity contribution in [2.75, 3.05) is 6.61 Å². The average Bonchev–Trinajstić information content (AvgIpc) is 2.13. The van der Waals surface area contributed by atoms with Crippen molar-refractivity contribution in [2.45, 2.75) is 12.5 Å². The van der Waals surface area contributed by atoms with Crippen LogP contribution in [0.4, 0.5) is 8.78 Å². The van der Waals surface area contributed by atoms with Gasteiger partial charge in [-0.05, 0) is 18.1 Å². The SMILES string of the molecule is N[C@@H](CO)Cc1cccc(F)c1F. The summed E-state index contributed by atoms with van der Waals surface area (Å²) in [6.45, 7) is -0.240. The first kappa shape index (κ1) is 10.1. The van der Waals surface area contributed by atoms with E-state index in [4.69, 9.17) is 10.8 Å². The zero-order valence-corrected chi connectivity index (χ0v) is 7.00. The zero-order valence-electron chi connectivity index (χ0n) is 7.00. The van der Waals surface area contributed by atoms with Gasteiger partial charge in [-0.2, -0.15) is 0 Å². The topological polar surface area (TPSA) is 46.2 Å². The molecule has 0 radical (unpaired) electrons. The van der Waals surface area contributed by atoms with E-state index in [1.54, 1.807) is 0 Å². The van der Waals surface area contributed by atoms with Crippen LogP contribution in [0.1, 0.15) is 5.56 Å². The van der Waals surface area contributed by atoms with Gasteiger partial charge in [-0.15, -0.1) is 0 Å². The van der Waals surface area contributed by atoms with Crippen LogP contribution in [0.2, 0.25) is 0 Å². The highest BCUT2D eigenvalue weighted by atomic mass is 19.2. The van der Waals surface area contributed by atoms with Gasteiger partial charge in [0.05, 0.1) is 6.61 Å². The summed E-state index contributed by atoms with van der Waals surface area (Å²) in [5, 5.41) is 8.62. The van der Waals surface area contributed by atoms with Gasteiger partial charge in [0.2, 0.25) is 0 Å². The van der Waals surface area contributed by atoms with Gasteiger partial charge in [-0.1, -0.05) is 12.1 Å². The molecule has 72 valence electrons. The maximum absolute atomic E-state index is 13.0. The normalized spacial score (nSPS) is 12.9. The summed E-state index contributed by atoms with van der Waals surface area (Å²) < 4.78 is 25.6. The Morgan fingerprint density at radius 3 is 2.69 bits per heavy atom. The number of aliphatic hydroxyl groups is 1. The summed E-state index contributed by atoms with van der Waals surface area (Å²) in [5.74, 6) is -1.77. The number of hydrogen-bond donors (Lipinski definition) is 2. The van der Waals surface area contributed by atoms with Crippen LogP contribution in [0, 0.1) is 11.6 Å². The molecule has 0 saturated carbocycles. The molecule has 4 heteroatoms. The molecule has 1 rings (SSSR count). The first-order valence-electron chi connectivity index (χ1n) is 3.94. The number of halogens is 2. The highest BCUT2D eigenvalue weighted by Crippen LogP contribution is 2.12. The number of hydrogen-bond acceptors (Lipinski definition) is 2. The van der Waals surface area contributed by atoms with Crippen LogP contribution >= 0.6 is 0 Å². The monoisotopic (exact) mass is 187 g/mol. The van der Waals surface area contributed by atoms with Crippen LogP contribution in [0.3, 0.4) is 0 Å². The molecule has 2 nitrogen and oxygen atoms in total. The molecule has 3 N–H and O–H groups in total. The fourth-order valence-corrected chi connectivity index (χ4v) is 1.05.